The number of amides is 1. The van der Waals surface area contributed by atoms with Crippen molar-refractivity contribution in [2.75, 3.05) is 20.3 Å². The molecule has 4 heteroatoms. The maximum Gasteiger partial charge on any atom is 0.409 e. The average Bonchev–Trinajstić information content (AvgIpc) is 2.34. The molecule has 0 aromatic heterocycles. The zero-order valence-electron chi connectivity index (χ0n) is 12.1. The average molecular weight is 257 g/mol. The molecule has 2 unspecified atom stereocenters. The third kappa shape index (κ3) is 4.48. The van der Waals surface area contributed by atoms with E-state index in [0.29, 0.717) is 12.5 Å². The number of aliphatic hydroxyl groups is 1. The van der Waals surface area contributed by atoms with E-state index in [9.17, 15) is 9.90 Å². The lowest BCUT2D eigenvalue weighted by Crippen LogP contribution is -2.47. The van der Waals surface area contributed by atoms with E-state index >= 15 is 0 Å². The number of nitrogens with zero attached hydrogens (tertiary/aromatic N) is 1. The highest BCUT2D eigenvalue weighted by Crippen LogP contribution is 2.30. The zero-order chi connectivity index (χ0) is 13.8. The molecule has 18 heavy (non-hydrogen) atoms. The third-order valence-electron chi connectivity index (χ3n) is 3.72. The third-order valence-corrected chi connectivity index (χ3v) is 3.72. The molecule has 0 saturated carbocycles. The summed E-state index contributed by atoms with van der Waals surface area (Å²) in [6.07, 6.45) is 3.59. The van der Waals surface area contributed by atoms with Crippen LogP contribution in [0.1, 0.15) is 46.5 Å². The second-order valence-corrected chi connectivity index (χ2v) is 6.49. The fraction of sp³-hybridized carbons (Fsp3) is 0.929. The lowest BCUT2D eigenvalue weighted by atomic mass is 9.83. The smallest absolute Gasteiger partial charge is 0.409 e. The predicted octanol–water partition coefficient (Wildman–Crippen LogP) is 2.65. The molecule has 106 valence electrons. The first-order chi connectivity index (χ1) is 8.37. The number of likely N-dealkylation sites (tertiary alicyclic amines) is 1. The summed E-state index contributed by atoms with van der Waals surface area (Å²) in [7, 11) is 1.43. The van der Waals surface area contributed by atoms with E-state index in [1.54, 1.807) is 0 Å². The second-order valence-electron chi connectivity index (χ2n) is 6.49. The van der Waals surface area contributed by atoms with Crippen molar-refractivity contribution in [2.24, 2.45) is 11.3 Å². The van der Waals surface area contributed by atoms with Crippen molar-refractivity contribution < 1.29 is 14.6 Å². The highest BCUT2D eigenvalue weighted by Gasteiger charge is 2.32. The molecule has 0 radical (unpaired) electrons. The lowest BCUT2D eigenvalue weighted by molar-refractivity contribution is 0.0547. The minimum atomic E-state index is -0.231. The summed E-state index contributed by atoms with van der Waals surface area (Å²) in [6.45, 7) is 7.55. The van der Waals surface area contributed by atoms with Crippen LogP contribution in [0, 0.1) is 11.3 Å². The lowest BCUT2D eigenvalue weighted by Gasteiger charge is -2.39. The summed E-state index contributed by atoms with van der Waals surface area (Å²) in [4.78, 5) is 13.6. The number of methoxy groups -OCH3 is 1. The van der Waals surface area contributed by atoms with E-state index in [-0.39, 0.29) is 24.2 Å². The normalized spacial score (nSPS) is 25.1. The Balaban J connectivity index is 2.62. The molecule has 2 atom stereocenters. The van der Waals surface area contributed by atoms with E-state index in [4.69, 9.17) is 4.74 Å². The number of hydrogen-bond acceptors (Lipinski definition) is 3. The van der Waals surface area contributed by atoms with Crippen LogP contribution in [-0.2, 0) is 4.74 Å². The molecule has 4 nitrogen and oxygen atoms in total. The van der Waals surface area contributed by atoms with Gasteiger partial charge in [0.05, 0.1) is 7.11 Å². The van der Waals surface area contributed by atoms with E-state index < -0.39 is 0 Å². The van der Waals surface area contributed by atoms with Gasteiger partial charge in [0.2, 0.25) is 0 Å². The Kier molecular flexibility index (Phi) is 5.45. The van der Waals surface area contributed by atoms with Gasteiger partial charge in [0.25, 0.3) is 0 Å². The van der Waals surface area contributed by atoms with Gasteiger partial charge < -0.3 is 14.7 Å². The first kappa shape index (κ1) is 15.3. The maximum atomic E-state index is 11.7. The molecular weight excluding hydrogens is 230 g/mol. The summed E-state index contributed by atoms with van der Waals surface area (Å²) >= 11 is 0. The molecule has 1 fully saturated rings. The van der Waals surface area contributed by atoms with Crippen molar-refractivity contribution in [3.05, 3.63) is 0 Å². The molecule has 0 aromatic carbocycles. The molecule has 1 aliphatic rings. The fourth-order valence-corrected chi connectivity index (χ4v) is 2.53. The topological polar surface area (TPSA) is 49.8 Å². The van der Waals surface area contributed by atoms with Gasteiger partial charge in [-0.1, -0.05) is 20.8 Å². The van der Waals surface area contributed by atoms with Gasteiger partial charge in [0, 0.05) is 19.2 Å². The number of hydrogen-bond donors (Lipinski definition) is 1. The van der Waals surface area contributed by atoms with Crippen molar-refractivity contribution >= 4 is 6.09 Å². The molecule has 0 spiro atoms. The Labute approximate surface area is 110 Å². The first-order valence-corrected chi connectivity index (χ1v) is 6.83. The fourth-order valence-electron chi connectivity index (χ4n) is 2.53. The largest absolute Gasteiger partial charge is 0.453 e. The molecule has 1 aliphatic heterocycles. The summed E-state index contributed by atoms with van der Waals surface area (Å²) in [5.74, 6) is 0.330. The summed E-state index contributed by atoms with van der Waals surface area (Å²) in [6, 6.07) is 0.211. The Bertz CT molecular complexity index is 273. The Hall–Kier alpha value is -0.770. The summed E-state index contributed by atoms with van der Waals surface area (Å²) < 4.78 is 4.85. The van der Waals surface area contributed by atoms with Gasteiger partial charge in [0.1, 0.15) is 0 Å². The number of aliphatic hydroxyl groups excluding tert-OH is 1. The van der Waals surface area contributed by atoms with Gasteiger partial charge in [-0.3, -0.25) is 0 Å². The summed E-state index contributed by atoms with van der Waals surface area (Å²) in [5.41, 5.74) is 0.272. The van der Waals surface area contributed by atoms with Crippen molar-refractivity contribution in [3.63, 3.8) is 0 Å². The molecule has 0 aliphatic carbocycles. The molecule has 1 amide bonds. The van der Waals surface area contributed by atoms with Crippen LogP contribution in [0.25, 0.3) is 0 Å². The molecular formula is C14H27NO3. The van der Waals surface area contributed by atoms with Crippen molar-refractivity contribution in [3.8, 4) is 0 Å². The Morgan fingerprint density at radius 3 is 2.61 bits per heavy atom. The van der Waals surface area contributed by atoms with Crippen LogP contribution in [0.3, 0.4) is 0 Å². The van der Waals surface area contributed by atoms with E-state index in [0.717, 1.165) is 25.7 Å². The monoisotopic (exact) mass is 257 g/mol. The van der Waals surface area contributed by atoms with Gasteiger partial charge in [0.15, 0.2) is 0 Å². The number of carbonyl (C=O) groups is 1. The quantitative estimate of drug-likeness (QED) is 0.845. The van der Waals surface area contributed by atoms with Crippen LogP contribution in [0.15, 0.2) is 0 Å². The van der Waals surface area contributed by atoms with Crippen LogP contribution in [-0.4, -0.2) is 42.4 Å². The zero-order valence-corrected chi connectivity index (χ0v) is 12.1. The van der Waals surface area contributed by atoms with Crippen molar-refractivity contribution in [1.82, 2.24) is 4.90 Å². The highest BCUT2D eigenvalue weighted by atomic mass is 16.5. The van der Waals surface area contributed by atoms with Crippen molar-refractivity contribution in [2.45, 2.75) is 52.5 Å². The highest BCUT2D eigenvalue weighted by molar-refractivity contribution is 5.68. The van der Waals surface area contributed by atoms with Gasteiger partial charge >= 0.3 is 6.09 Å². The summed E-state index contributed by atoms with van der Waals surface area (Å²) in [5, 5.41) is 9.28. The van der Waals surface area contributed by atoms with E-state index in [2.05, 4.69) is 20.8 Å². The molecule has 1 saturated heterocycles. The minimum Gasteiger partial charge on any atom is -0.453 e. The first-order valence-electron chi connectivity index (χ1n) is 6.83. The van der Waals surface area contributed by atoms with Crippen LogP contribution in [0.2, 0.25) is 0 Å². The van der Waals surface area contributed by atoms with Crippen molar-refractivity contribution in [1.29, 1.82) is 0 Å². The molecule has 1 rings (SSSR count). The maximum absolute atomic E-state index is 11.7. The number of piperidine rings is 1. The number of rotatable bonds is 3. The Morgan fingerprint density at radius 1 is 1.44 bits per heavy atom. The van der Waals surface area contributed by atoms with Crippen LogP contribution in [0.5, 0.6) is 0 Å². The Morgan fingerprint density at radius 2 is 2.11 bits per heavy atom. The standard InChI is InChI=1S/C14H27NO3/c1-14(2,3)7-5-12-9-11(10-16)6-8-15(12)13(17)18-4/h11-12,16H,5-10H2,1-4H3. The van der Waals surface area contributed by atoms with Crippen LogP contribution in [0.4, 0.5) is 4.79 Å². The van der Waals surface area contributed by atoms with Gasteiger partial charge in [-0.15, -0.1) is 0 Å². The van der Waals surface area contributed by atoms with Gasteiger partial charge in [-0.25, -0.2) is 4.79 Å². The SMILES string of the molecule is COC(=O)N1CCC(CO)CC1CCC(C)(C)C. The van der Waals surface area contributed by atoms with E-state index in [1.165, 1.54) is 7.11 Å². The molecule has 1 heterocycles. The molecule has 0 aromatic rings. The number of ether oxygens (including phenoxy) is 1. The molecule has 1 N–H and O–H groups in total. The number of carbonyl (C=O) groups excluding carboxylic acids is 1. The van der Waals surface area contributed by atoms with Gasteiger partial charge in [-0.2, -0.15) is 0 Å². The van der Waals surface area contributed by atoms with Crippen LogP contribution >= 0.6 is 0 Å². The minimum absolute atomic E-state index is 0.211. The molecule has 0 bridgehead atoms. The predicted molar refractivity (Wildman–Crippen MR) is 71.4 cm³/mol. The van der Waals surface area contributed by atoms with Crippen LogP contribution < -0.4 is 0 Å². The second kappa shape index (κ2) is 6.41. The van der Waals surface area contributed by atoms with E-state index in [1.807, 2.05) is 4.90 Å². The van der Waals surface area contributed by atoms with Gasteiger partial charge in [-0.05, 0) is 37.0 Å².